The number of carbonyl (C=O) groups is 2. The molecule has 1 aromatic heterocycles. The van der Waals surface area contributed by atoms with Crippen molar-refractivity contribution < 1.29 is 9.59 Å². The van der Waals surface area contributed by atoms with E-state index in [1.807, 2.05) is 34.1 Å². The van der Waals surface area contributed by atoms with Crippen LogP contribution in [0, 0.1) is 12.8 Å². The highest BCUT2D eigenvalue weighted by Gasteiger charge is 2.37. The molecule has 31 heavy (non-hydrogen) atoms. The van der Waals surface area contributed by atoms with Gasteiger partial charge in [-0.1, -0.05) is 42.0 Å². The van der Waals surface area contributed by atoms with Crippen LogP contribution in [0.25, 0.3) is 11.0 Å². The Balaban J connectivity index is 1.17. The predicted octanol–water partition coefficient (Wildman–Crippen LogP) is 3.63. The van der Waals surface area contributed by atoms with Crippen molar-refractivity contribution in [2.24, 2.45) is 5.92 Å². The average Bonchev–Trinajstić information content (AvgIpc) is 3.38. The summed E-state index contributed by atoms with van der Waals surface area (Å²) in [5, 5.41) is 0. The van der Waals surface area contributed by atoms with E-state index in [1.54, 1.807) is 0 Å². The normalized spacial score (nSPS) is 20.0. The lowest BCUT2D eigenvalue weighted by Crippen LogP contribution is -2.42. The molecule has 1 atom stereocenters. The zero-order valence-electron chi connectivity index (χ0n) is 17.9. The molecule has 2 saturated heterocycles. The predicted molar refractivity (Wildman–Crippen MR) is 119 cm³/mol. The van der Waals surface area contributed by atoms with Gasteiger partial charge in [-0.2, -0.15) is 0 Å². The quantitative estimate of drug-likeness (QED) is 0.706. The maximum Gasteiger partial charge on any atom is 0.227 e. The van der Waals surface area contributed by atoms with Crippen LogP contribution in [0.1, 0.15) is 42.1 Å². The van der Waals surface area contributed by atoms with Crippen molar-refractivity contribution in [3.05, 3.63) is 65.5 Å². The number of imidazole rings is 1. The fraction of sp³-hybridized carbons (Fsp3) is 0.400. The first-order chi connectivity index (χ1) is 15.1. The third-order valence-electron chi connectivity index (χ3n) is 6.66. The molecule has 2 aromatic carbocycles. The molecule has 5 rings (SSSR count). The summed E-state index contributed by atoms with van der Waals surface area (Å²) in [6.07, 6.45) is 2.13. The lowest BCUT2D eigenvalue weighted by Gasteiger charge is -2.32. The second-order valence-electron chi connectivity index (χ2n) is 8.90. The molecule has 0 saturated carbocycles. The molecule has 2 aliphatic rings. The van der Waals surface area contributed by atoms with Crippen molar-refractivity contribution in [1.29, 1.82) is 0 Å². The number of aromatic amines is 1. The minimum Gasteiger partial charge on any atom is -0.342 e. The number of amides is 2. The van der Waals surface area contributed by atoms with E-state index in [9.17, 15) is 9.59 Å². The van der Waals surface area contributed by atoms with Gasteiger partial charge in [0.05, 0.1) is 17.0 Å². The van der Waals surface area contributed by atoms with E-state index < -0.39 is 0 Å². The van der Waals surface area contributed by atoms with Gasteiger partial charge in [-0.05, 0) is 37.5 Å². The SMILES string of the molecule is Cc1ccc(CN2C[C@@H](C(=O)N3CCC(c4nc5ccccc5[nH]4)CC3)CC2=O)cc1. The van der Waals surface area contributed by atoms with Crippen LogP contribution >= 0.6 is 0 Å². The Bertz CT molecular complexity index is 1060. The zero-order chi connectivity index (χ0) is 21.4. The van der Waals surface area contributed by atoms with Crippen molar-refractivity contribution in [1.82, 2.24) is 19.8 Å². The topological polar surface area (TPSA) is 69.3 Å². The molecular weight excluding hydrogens is 388 g/mol. The van der Waals surface area contributed by atoms with E-state index in [1.165, 1.54) is 5.56 Å². The fourth-order valence-electron chi connectivity index (χ4n) is 4.80. The number of benzene rings is 2. The largest absolute Gasteiger partial charge is 0.342 e. The van der Waals surface area contributed by atoms with Gasteiger partial charge in [0.2, 0.25) is 11.8 Å². The lowest BCUT2D eigenvalue weighted by atomic mass is 9.95. The Kier molecular flexibility index (Phi) is 5.22. The van der Waals surface area contributed by atoms with Gasteiger partial charge in [-0.25, -0.2) is 4.98 Å². The van der Waals surface area contributed by atoms with Gasteiger partial charge in [0, 0.05) is 38.5 Å². The summed E-state index contributed by atoms with van der Waals surface area (Å²) in [7, 11) is 0. The molecular formula is C25H28N4O2. The fourth-order valence-corrected chi connectivity index (χ4v) is 4.80. The first kappa shape index (κ1) is 19.8. The third kappa shape index (κ3) is 4.07. The van der Waals surface area contributed by atoms with Crippen molar-refractivity contribution in [3.8, 4) is 0 Å². The molecule has 0 radical (unpaired) electrons. The number of nitrogens with zero attached hydrogens (tertiary/aromatic N) is 3. The number of piperidine rings is 1. The van der Waals surface area contributed by atoms with Gasteiger partial charge >= 0.3 is 0 Å². The monoisotopic (exact) mass is 416 g/mol. The summed E-state index contributed by atoms with van der Waals surface area (Å²) < 4.78 is 0. The zero-order valence-corrected chi connectivity index (χ0v) is 17.9. The molecule has 0 aliphatic carbocycles. The molecule has 6 heteroatoms. The minimum absolute atomic E-state index is 0.0797. The molecule has 0 spiro atoms. The highest BCUT2D eigenvalue weighted by molar-refractivity contribution is 5.89. The van der Waals surface area contributed by atoms with Crippen molar-refractivity contribution in [2.45, 2.75) is 38.6 Å². The van der Waals surface area contributed by atoms with Gasteiger partial charge in [0.1, 0.15) is 5.82 Å². The summed E-state index contributed by atoms with van der Waals surface area (Å²) in [6.45, 7) is 4.61. The molecule has 3 aromatic rings. The number of nitrogens with one attached hydrogen (secondary N) is 1. The van der Waals surface area contributed by atoms with Crippen LogP contribution in [-0.2, 0) is 16.1 Å². The van der Waals surface area contributed by atoms with E-state index in [4.69, 9.17) is 4.98 Å². The van der Waals surface area contributed by atoms with Crippen molar-refractivity contribution >= 4 is 22.8 Å². The number of aryl methyl sites for hydroxylation is 1. The van der Waals surface area contributed by atoms with Crippen LogP contribution in [0.15, 0.2) is 48.5 Å². The van der Waals surface area contributed by atoms with E-state index >= 15 is 0 Å². The Labute approximate surface area is 182 Å². The molecule has 2 aliphatic heterocycles. The Hall–Kier alpha value is -3.15. The number of hydrogen-bond donors (Lipinski definition) is 1. The van der Waals surface area contributed by atoms with Crippen molar-refractivity contribution in [2.75, 3.05) is 19.6 Å². The summed E-state index contributed by atoms with van der Waals surface area (Å²) in [6, 6.07) is 16.3. The standard InChI is InChI=1S/C25H28N4O2/c1-17-6-8-18(9-7-17)15-29-16-20(14-23(29)30)25(31)28-12-10-19(11-13-28)24-26-21-4-2-3-5-22(21)27-24/h2-9,19-20H,10-16H2,1H3,(H,26,27)/t20-/m0/s1. The second kappa shape index (κ2) is 8.17. The maximum atomic E-state index is 13.1. The van der Waals surface area contributed by atoms with Crippen LogP contribution in [0.3, 0.4) is 0 Å². The van der Waals surface area contributed by atoms with Gasteiger partial charge < -0.3 is 14.8 Å². The Morgan fingerprint density at radius 1 is 1.10 bits per heavy atom. The van der Waals surface area contributed by atoms with E-state index in [-0.39, 0.29) is 17.7 Å². The number of carbonyl (C=O) groups excluding carboxylic acids is 2. The van der Waals surface area contributed by atoms with Gasteiger partial charge in [-0.3, -0.25) is 9.59 Å². The van der Waals surface area contributed by atoms with Crippen LogP contribution in [0.5, 0.6) is 0 Å². The molecule has 3 heterocycles. The number of fused-ring (bicyclic) bond motifs is 1. The van der Waals surface area contributed by atoms with E-state index in [0.717, 1.165) is 48.4 Å². The molecule has 2 amide bonds. The van der Waals surface area contributed by atoms with Crippen LogP contribution < -0.4 is 0 Å². The van der Waals surface area contributed by atoms with E-state index in [2.05, 4.69) is 36.2 Å². The van der Waals surface area contributed by atoms with Gasteiger partial charge in [0.15, 0.2) is 0 Å². The van der Waals surface area contributed by atoms with E-state index in [0.29, 0.717) is 25.4 Å². The summed E-state index contributed by atoms with van der Waals surface area (Å²) in [4.78, 5) is 37.6. The summed E-state index contributed by atoms with van der Waals surface area (Å²) in [5.74, 6) is 1.35. The molecule has 160 valence electrons. The lowest BCUT2D eigenvalue weighted by molar-refractivity contribution is -0.136. The van der Waals surface area contributed by atoms with Gasteiger partial charge in [0.25, 0.3) is 0 Å². The van der Waals surface area contributed by atoms with Crippen LogP contribution in [0.4, 0.5) is 0 Å². The molecule has 1 N–H and O–H groups in total. The molecule has 2 fully saturated rings. The number of rotatable bonds is 4. The third-order valence-corrected chi connectivity index (χ3v) is 6.66. The minimum atomic E-state index is -0.222. The van der Waals surface area contributed by atoms with Crippen LogP contribution in [0.2, 0.25) is 0 Å². The molecule has 6 nitrogen and oxygen atoms in total. The summed E-state index contributed by atoms with van der Waals surface area (Å²) in [5.41, 5.74) is 4.37. The number of likely N-dealkylation sites (tertiary alicyclic amines) is 2. The Morgan fingerprint density at radius 2 is 1.84 bits per heavy atom. The number of para-hydroxylation sites is 2. The highest BCUT2D eigenvalue weighted by atomic mass is 16.2. The summed E-state index contributed by atoms with van der Waals surface area (Å²) >= 11 is 0. The molecule has 0 unspecified atom stereocenters. The first-order valence-corrected chi connectivity index (χ1v) is 11.1. The highest BCUT2D eigenvalue weighted by Crippen LogP contribution is 2.30. The smallest absolute Gasteiger partial charge is 0.227 e. The number of aromatic nitrogens is 2. The number of H-pyrrole nitrogens is 1. The number of hydrogen-bond acceptors (Lipinski definition) is 3. The van der Waals surface area contributed by atoms with Gasteiger partial charge in [-0.15, -0.1) is 0 Å². The Morgan fingerprint density at radius 3 is 2.58 bits per heavy atom. The molecule has 0 bridgehead atoms. The second-order valence-corrected chi connectivity index (χ2v) is 8.90. The first-order valence-electron chi connectivity index (χ1n) is 11.1. The average molecular weight is 417 g/mol. The van der Waals surface area contributed by atoms with Crippen LogP contribution in [-0.4, -0.2) is 51.2 Å². The maximum absolute atomic E-state index is 13.1. The van der Waals surface area contributed by atoms with Crippen molar-refractivity contribution in [3.63, 3.8) is 0 Å².